The summed E-state index contributed by atoms with van der Waals surface area (Å²) in [5.41, 5.74) is 0.125. The monoisotopic (exact) mass is 327 g/mol. The third-order valence-electron chi connectivity index (χ3n) is 3.75. The number of carbonyl (C=O) groups is 2. The summed E-state index contributed by atoms with van der Waals surface area (Å²) in [5.74, 6) is -0.612. The molecule has 0 unspecified atom stereocenters. The van der Waals surface area contributed by atoms with Crippen LogP contribution in [0, 0.1) is 0 Å². The van der Waals surface area contributed by atoms with E-state index in [2.05, 4.69) is 10.4 Å². The van der Waals surface area contributed by atoms with E-state index < -0.39 is 11.5 Å². The fourth-order valence-electron chi connectivity index (χ4n) is 2.32. The number of rotatable bonds is 4. The van der Waals surface area contributed by atoms with Crippen LogP contribution in [0.5, 0.6) is 0 Å². The first-order valence-electron chi connectivity index (χ1n) is 7.35. The zero-order valence-electron chi connectivity index (χ0n) is 13.6. The van der Waals surface area contributed by atoms with Crippen LogP contribution in [0.4, 0.5) is 5.69 Å². The smallest absolute Gasteiger partial charge is 0.333 e. The van der Waals surface area contributed by atoms with Gasteiger partial charge in [-0.3, -0.25) is 9.48 Å². The largest absolute Gasteiger partial charge is 0.467 e. The highest BCUT2D eigenvalue weighted by atomic mass is 16.5. The van der Waals surface area contributed by atoms with Gasteiger partial charge in [0.05, 0.1) is 19.0 Å². The molecule has 0 saturated carbocycles. The Morgan fingerprint density at radius 2 is 2.04 bits per heavy atom. The standard InChI is InChI=1S/C17H17N3O4/c1-17(2,16(22)23-3)20-10-12(9-18-20)19-15(21)14-8-11-6-4-5-7-13(11)24-14/h4-10H,1-3H3,(H,19,21). The van der Waals surface area contributed by atoms with E-state index in [-0.39, 0.29) is 11.7 Å². The molecule has 3 aromatic rings. The van der Waals surface area contributed by atoms with Gasteiger partial charge in [0.1, 0.15) is 5.58 Å². The quantitative estimate of drug-likeness (QED) is 0.745. The molecule has 0 spiro atoms. The van der Waals surface area contributed by atoms with Crippen LogP contribution >= 0.6 is 0 Å². The maximum absolute atomic E-state index is 12.3. The lowest BCUT2D eigenvalue weighted by molar-refractivity contribution is -0.150. The fraction of sp³-hybridized carbons (Fsp3) is 0.235. The molecule has 0 aliphatic rings. The predicted molar refractivity (Wildman–Crippen MR) is 87.7 cm³/mol. The van der Waals surface area contributed by atoms with Gasteiger partial charge in [-0.25, -0.2) is 4.79 Å². The molecular weight excluding hydrogens is 310 g/mol. The van der Waals surface area contributed by atoms with Crippen molar-refractivity contribution in [2.24, 2.45) is 0 Å². The van der Waals surface area contributed by atoms with Crippen molar-refractivity contribution in [2.75, 3.05) is 12.4 Å². The second-order valence-electron chi connectivity index (χ2n) is 5.83. The molecule has 3 rings (SSSR count). The lowest BCUT2D eigenvalue weighted by Crippen LogP contribution is -2.37. The number of methoxy groups -OCH3 is 1. The summed E-state index contributed by atoms with van der Waals surface area (Å²) in [6.45, 7) is 3.35. The van der Waals surface area contributed by atoms with E-state index in [0.717, 1.165) is 5.39 Å². The van der Waals surface area contributed by atoms with E-state index in [9.17, 15) is 9.59 Å². The lowest BCUT2D eigenvalue weighted by Gasteiger charge is -2.21. The van der Waals surface area contributed by atoms with Gasteiger partial charge in [-0.2, -0.15) is 5.10 Å². The number of nitrogens with one attached hydrogen (secondary N) is 1. The highest BCUT2D eigenvalue weighted by Crippen LogP contribution is 2.21. The highest BCUT2D eigenvalue weighted by molar-refractivity contribution is 6.04. The number of hydrogen-bond donors (Lipinski definition) is 1. The van der Waals surface area contributed by atoms with E-state index in [1.54, 1.807) is 32.2 Å². The molecule has 0 aliphatic heterocycles. The summed E-state index contributed by atoms with van der Waals surface area (Å²) in [7, 11) is 1.32. The summed E-state index contributed by atoms with van der Waals surface area (Å²) in [5, 5.41) is 7.67. The SMILES string of the molecule is COC(=O)C(C)(C)n1cc(NC(=O)c2cc3ccccc3o2)cn1. The summed E-state index contributed by atoms with van der Waals surface area (Å²) < 4.78 is 11.7. The van der Waals surface area contributed by atoms with Crippen molar-refractivity contribution in [3.8, 4) is 0 Å². The third kappa shape index (κ3) is 2.76. The van der Waals surface area contributed by atoms with Gasteiger partial charge in [-0.05, 0) is 26.0 Å². The van der Waals surface area contributed by atoms with E-state index in [4.69, 9.17) is 9.15 Å². The number of esters is 1. The van der Waals surface area contributed by atoms with Gasteiger partial charge in [0.15, 0.2) is 11.3 Å². The van der Waals surface area contributed by atoms with E-state index in [1.165, 1.54) is 18.0 Å². The average Bonchev–Trinajstić information content (AvgIpc) is 3.20. The molecule has 7 heteroatoms. The van der Waals surface area contributed by atoms with Gasteiger partial charge >= 0.3 is 5.97 Å². The zero-order valence-corrected chi connectivity index (χ0v) is 13.6. The van der Waals surface area contributed by atoms with Crippen LogP contribution < -0.4 is 5.32 Å². The normalized spacial score (nSPS) is 11.5. The number of ether oxygens (including phenoxy) is 1. The van der Waals surface area contributed by atoms with Crippen molar-refractivity contribution in [2.45, 2.75) is 19.4 Å². The third-order valence-corrected chi connectivity index (χ3v) is 3.75. The van der Waals surface area contributed by atoms with Crippen molar-refractivity contribution in [1.82, 2.24) is 9.78 Å². The minimum absolute atomic E-state index is 0.205. The number of benzene rings is 1. The maximum atomic E-state index is 12.3. The fourth-order valence-corrected chi connectivity index (χ4v) is 2.32. The molecule has 124 valence electrons. The molecule has 2 aromatic heterocycles. The first-order valence-corrected chi connectivity index (χ1v) is 7.35. The van der Waals surface area contributed by atoms with Crippen LogP contribution in [0.2, 0.25) is 0 Å². The van der Waals surface area contributed by atoms with Crippen molar-refractivity contribution in [1.29, 1.82) is 0 Å². The van der Waals surface area contributed by atoms with Gasteiger partial charge in [-0.1, -0.05) is 18.2 Å². The van der Waals surface area contributed by atoms with E-state index >= 15 is 0 Å². The second-order valence-corrected chi connectivity index (χ2v) is 5.83. The Hall–Kier alpha value is -3.09. The minimum atomic E-state index is -0.975. The van der Waals surface area contributed by atoms with Crippen molar-refractivity contribution >= 4 is 28.5 Å². The van der Waals surface area contributed by atoms with Crippen LogP contribution in [-0.4, -0.2) is 28.8 Å². The van der Waals surface area contributed by atoms with Crippen LogP contribution in [0.15, 0.2) is 47.1 Å². The number of hydrogen-bond acceptors (Lipinski definition) is 5. The second kappa shape index (κ2) is 5.84. The van der Waals surface area contributed by atoms with Gasteiger partial charge < -0.3 is 14.5 Å². The van der Waals surface area contributed by atoms with Gasteiger partial charge in [0.25, 0.3) is 5.91 Å². The Morgan fingerprint density at radius 3 is 2.75 bits per heavy atom. The minimum Gasteiger partial charge on any atom is -0.467 e. The number of furan rings is 1. The van der Waals surface area contributed by atoms with Crippen LogP contribution in [0.3, 0.4) is 0 Å². The number of fused-ring (bicyclic) bond motifs is 1. The Labute approximate surface area is 138 Å². The summed E-state index contributed by atoms with van der Waals surface area (Å²) in [6.07, 6.45) is 3.03. The molecule has 24 heavy (non-hydrogen) atoms. The number of nitrogens with zero attached hydrogens (tertiary/aromatic N) is 2. The summed E-state index contributed by atoms with van der Waals surface area (Å²) in [6, 6.07) is 9.05. The van der Waals surface area contributed by atoms with Gasteiger partial charge in [-0.15, -0.1) is 0 Å². The molecule has 0 bridgehead atoms. The Balaban J connectivity index is 1.79. The number of amides is 1. The molecule has 0 radical (unpaired) electrons. The first-order chi connectivity index (χ1) is 11.4. The molecule has 0 aliphatic carbocycles. The number of anilines is 1. The molecule has 1 amide bonds. The Kier molecular flexibility index (Phi) is 3.84. The van der Waals surface area contributed by atoms with Crippen molar-refractivity contribution in [3.05, 3.63) is 48.5 Å². The predicted octanol–water partition coefficient (Wildman–Crippen LogP) is 2.79. The molecule has 0 fully saturated rings. The van der Waals surface area contributed by atoms with Gasteiger partial charge in [0.2, 0.25) is 0 Å². The van der Waals surface area contributed by atoms with E-state index in [1.807, 2.05) is 18.2 Å². The Bertz CT molecular complexity index is 874. The average molecular weight is 327 g/mol. The van der Waals surface area contributed by atoms with Crippen LogP contribution in [0.25, 0.3) is 11.0 Å². The number of para-hydroxylation sites is 1. The maximum Gasteiger partial charge on any atom is 0.333 e. The number of carbonyl (C=O) groups excluding carboxylic acids is 2. The summed E-state index contributed by atoms with van der Waals surface area (Å²) >= 11 is 0. The molecular formula is C17H17N3O4. The zero-order chi connectivity index (χ0) is 17.3. The Morgan fingerprint density at radius 1 is 1.29 bits per heavy atom. The highest BCUT2D eigenvalue weighted by Gasteiger charge is 2.31. The first kappa shape index (κ1) is 15.8. The molecule has 0 atom stereocenters. The number of aromatic nitrogens is 2. The topological polar surface area (TPSA) is 86.4 Å². The summed E-state index contributed by atoms with van der Waals surface area (Å²) in [4.78, 5) is 24.1. The lowest BCUT2D eigenvalue weighted by atomic mass is 10.1. The van der Waals surface area contributed by atoms with E-state index in [0.29, 0.717) is 11.3 Å². The van der Waals surface area contributed by atoms with Crippen LogP contribution in [-0.2, 0) is 15.1 Å². The molecule has 1 N–H and O–H groups in total. The molecule has 0 saturated heterocycles. The molecule has 1 aromatic carbocycles. The molecule has 7 nitrogen and oxygen atoms in total. The van der Waals surface area contributed by atoms with Crippen LogP contribution in [0.1, 0.15) is 24.4 Å². The molecule has 2 heterocycles. The van der Waals surface area contributed by atoms with Crippen molar-refractivity contribution in [3.63, 3.8) is 0 Å². The van der Waals surface area contributed by atoms with Gasteiger partial charge in [0, 0.05) is 11.6 Å². The van der Waals surface area contributed by atoms with Crippen molar-refractivity contribution < 1.29 is 18.7 Å².